The van der Waals surface area contributed by atoms with E-state index in [0.29, 0.717) is 17.5 Å². The van der Waals surface area contributed by atoms with Gasteiger partial charge in [-0.25, -0.2) is 15.0 Å². The van der Waals surface area contributed by atoms with Crippen LogP contribution in [0.1, 0.15) is 22.8 Å². The highest BCUT2D eigenvalue weighted by atomic mass is 32.1. The van der Waals surface area contributed by atoms with Crippen molar-refractivity contribution in [1.82, 2.24) is 15.0 Å². The number of nitrogens with zero attached hydrogens (tertiary/aromatic N) is 4. The average molecular weight is 749 g/mol. The predicted octanol–water partition coefficient (Wildman–Crippen LogP) is 13.3. The number of para-hydroxylation sites is 2. The first-order chi connectivity index (χ1) is 28.2. The smallest absolute Gasteiger partial charge is 0.167 e. The quantitative estimate of drug-likeness (QED) is 0.175. The van der Waals surface area contributed by atoms with Crippen molar-refractivity contribution in [2.75, 3.05) is 4.90 Å². The zero-order chi connectivity index (χ0) is 37.5. The molecule has 10 aromatic rings. The minimum atomic E-state index is 0.0694. The Balaban J connectivity index is 1.00. The minimum absolute atomic E-state index is 0.0694. The molecule has 7 aromatic carbocycles. The summed E-state index contributed by atoms with van der Waals surface area (Å²) < 4.78 is 9.37. The van der Waals surface area contributed by atoms with Crippen molar-refractivity contribution in [2.45, 2.75) is 12.0 Å². The molecule has 0 amide bonds. The van der Waals surface area contributed by atoms with Crippen LogP contribution in [0.15, 0.2) is 180 Å². The Labute approximate surface area is 332 Å². The van der Waals surface area contributed by atoms with Gasteiger partial charge in [-0.1, -0.05) is 140 Å². The second-order valence-corrected chi connectivity index (χ2v) is 15.8. The predicted molar refractivity (Wildman–Crippen MR) is 234 cm³/mol. The summed E-state index contributed by atoms with van der Waals surface area (Å²) in [4.78, 5) is 17.9. The van der Waals surface area contributed by atoms with E-state index in [4.69, 9.17) is 19.4 Å². The normalized spacial score (nSPS) is 15.6. The fraction of sp³-hybridized carbons (Fsp3) is 0.0392. The molecule has 2 atom stereocenters. The Morgan fingerprint density at radius 1 is 0.509 bits per heavy atom. The Morgan fingerprint density at radius 2 is 1.19 bits per heavy atom. The monoisotopic (exact) mass is 748 g/mol. The first-order valence-corrected chi connectivity index (χ1v) is 20.1. The molecule has 12 rings (SSSR count). The van der Waals surface area contributed by atoms with E-state index in [0.717, 1.165) is 39.1 Å². The van der Waals surface area contributed by atoms with Crippen molar-refractivity contribution in [1.29, 1.82) is 0 Å². The van der Waals surface area contributed by atoms with Crippen LogP contribution in [0.4, 0.5) is 11.4 Å². The summed E-state index contributed by atoms with van der Waals surface area (Å²) in [6.07, 6.45) is 4.47. The number of hydrogen-bond acceptors (Lipinski definition) is 6. The first-order valence-electron chi connectivity index (χ1n) is 19.3. The maximum atomic E-state index is 6.90. The number of fused-ring (bicyclic) bond motifs is 10. The molecule has 0 radical (unpaired) electrons. The fourth-order valence-electron chi connectivity index (χ4n) is 8.93. The summed E-state index contributed by atoms with van der Waals surface area (Å²) in [5.74, 6) is 2.78. The van der Waals surface area contributed by atoms with Gasteiger partial charge in [0.2, 0.25) is 0 Å². The van der Waals surface area contributed by atoms with Gasteiger partial charge in [0.1, 0.15) is 11.3 Å². The third-order valence-electron chi connectivity index (χ3n) is 11.5. The molecule has 2 aliphatic rings. The van der Waals surface area contributed by atoms with Crippen molar-refractivity contribution in [2.24, 2.45) is 0 Å². The van der Waals surface area contributed by atoms with E-state index < -0.39 is 0 Å². The molecule has 3 aromatic heterocycles. The van der Waals surface area contributed by atoms with Crippen LogP contribution in [-0.4, -0.2) is 21.0 Å². The highest BCUT2D eigenvalue weighted by Crippen LogP contribution is 2.54. The molecule has 0 N–H and O–H groups in total. The lowest BCUT2D eigenvalue weighted by molar-refractivity contribution is 0.584. The van der Waals surface area contributed by atoms with Gasteiger partial charge in [-0.3, -0.25) is 0 Å². The highest BCUT2D eigenvalue weighted by molar-refractivity contribution is 7.25. The van der Waals surface area contributed by atoms with Gasteiger partial charge in [0, 0.05) is 59.5 Å². The van der Waals surface area contributed by atoms with Gasteiger partial charge in [-0.2, -0.15) is 0 Å². The van der Waals surface area contributed by atoms with Gasteiger partial charge in [-0.05, 0) is 59.2 Å². The molecule has 0 bridgehead atoms. The molecule has 1 aliphatic heterocycles. The number of hydrogen-bond donors (Lipinski definition) is 0. The first kappa shape index (κ1) is 32.1. The van der Waals surface area contributed by atoms with Gasteiger partial charge < -0.3 is 9.32 Å². The highest BCUT2D eigenvalue weighted by Gasteiger charge is 2.43. The number of rotatable bonds is 5. The molecule has 0 saturated heterocycles. The van der Waals surface area contributed by atoms with Gasteiger partial charge >= 0.3 is 0 Å². The summed E-state index contributed by atoms with van der Waals surface area (Å²) >= 11 is 1.79. The van der Waals surface area contributed by atoms with Crippen molar-refractivity contribution in [3.63, 3.8) is 0 Å². The molecular weight excluding hydrogens is 717 g/mol. The molecule has 4 heterocycles. The van der Waals surface area contributed by atoms with E-state index in [1.54, 1.807) is 11.3 Å². The Kier molecular flexibility index (Phi) is 7.16. The molecule has 6 heteroatoms. The van der Waals surface area contributed by atoms with Crippen LogP contribution in [0.2, 0.25) is 0 Å². The number of thiophene rings is 1. The molecule has 1 aliphatic carbocycles. The standard InChI is InChI=1S/C51H32N4OS/c1-3-13-31(14-4-1)33-17-11-18-35(29-33)55-41-23-9-7-20-38(41)46-42(55)27-28-43-47(46)39-21-12-22-40(48(39)56-43)51-53-49(32-15-5-2-6-16-32)52-50(54-51)34-25-26-37-36-19-8-10-24-44(36)57-45(37)30-34/h1-30,42,46H. The topological polar surface area (TPSA) is 55.1 Å². The SMILES string of the molecule is C1=CC2C(c3ccccc3N2c2cccc(-c3ccccc3)c2)c2c1oc1c(-c3nc(-c4ccccc4)nc(-c4ccc5c(c4)sc4ccccc45)n3)cccc21. The minimum Gasteiger partial charge on any atom is -0.456 e. The lowest BCUT2D eigenvalue weighted by atomic mass is 9.82. The van der Waals surface area contributed by atoms with E-state index >= 15 is 0 Å². The van der Waals surface area contributed by atoms with Crippen LogP contribution in [0.25, 0.3) is 82.5 Å². The molecule has 268 valence electrons. The molecule has 0 fully saturated rings. The maximum absolute atomic E-state index is 6.90. The fourth-order valence-corrected chi connectivity index (χ4v) is 10.1. The van der Waals surface area contributed by atoms with E-state index in [1.165, 1.54) is 48.1 Å². The van der Waals surface area contributed by atoms with E-state index in [2.05, 4.69) is 157 Å². The van der Waals surface area contributed by atoms with Gasteiger partial charge in [0.15, 0.2) is 17.5 Å². The average Bonchev–Trinajstić information content (AvgIpc) is 3.96. The molecule has 5 nitrogen and oxygen atoms in total. The van der Waals surface area contributed by atoms with Crippen molar-refractivity contribution in [3.05, 3.63) is 193 Å². The summed E-state index contributed by atoms with van der Waals surface area (Å²) in [5, 5.41) is 3.58. The summed E-state index contributed by atoms with van der Waals surface area (Å²) in [5.41, 5.74) is 10.8. The van der Waals surface area contributed by atoms with E-state index in [1.807, 2.05) is 30.3 Å². The van der Waals surface area contributed by atoms with Gasteiger partial charge in [0.25, 0.3) is 0 Å². The molecule has 0 spiro atoms. The van der Waals surface area contributed by atoms with Crippen LogP contribution >= 0.6 is 11.3 Å². The molecular formula is C51H32N4OS. The Morgan fingerprint density at radius 3 is 2.07 bits per heavy atom. The number of aromatic nitrogens is 3. The summed E-state index contributed by atoms with van der Waals surface area (Å²) in [6.45, 7) is 0. The van der Waals surface area contributed by atoms with Crippen molar-refractivity contribution in [3.8, 4) is 45.3 Å². The van der Waals surface area contributed by atoms with Crippen LogP contribution in [0.3, 0.4) is 0 Å². The second-order valence-electron chi connectivity index (χ2n) is 14.7. The molecule has 57 heavy (non-hydrogen) atoms. The Bertz CT molecular complexity index is 3220. The number of furan rings is 1. The van der Waals surface area contributed by atoms with E-state index in [-0.39, 0.29) is 12.0 Å². The van der Waals surface area contributed by atoms with Gasteiger partial charge in [0.05, 0.1) is 11.6 Å². The van der Waals surface area contributed by atoms with Crippen molar-refractivity contribution < 1.29 is 4.42 Å². The van der Waals surface area contributed by atoms with Crippen molar-refractivity contribution >= 4 is 59.9 Å². The molecule has 2 unspecified atom stereocenters. The summed E-state index contributed by atoms with van der Waals surface area (Å²) in [6, 6.07) is 60.0. The second kappa shape index (κ2) is 12.7. The third kappa shape index (κ3) is 5.11. The maximum Gasteiger partial charge on any atom is 0.167 e. The number of benzene rings is 7. The van der Waals surface area contributed by atoms with E-state index in [9.17, 15) is 0 Å². The van der Waals surface area contributed by atoms with Crippen LogP contribution < -0.4 is 4.90 Å². The van der Waals surface area contributed by atoms with Crippen LogP contribution in [-0.2, 0) is 0 Å². The zero-order valence-corrected chi connectivity index (χ0v) is 31.4. The lowest BCUT2D eigenvalue weighted by Gasteiger charge is -2.30. The number of anilines is 2. The van der Waals surface area contributed by atoms with Gasteiger partial charge in [-0.15, -0.1) is 11.3 Å². The Hall–Kier alpha value is -7.15. The zero-order valence-electron chi connectivity index (χ0n) is 30.6. The van der Waals surface area contributed by atoms with Crippen LogP contribution in [0.5, 0.6) is 0 Å². The molecule has 0 saturated carbocycles. The lowest BCUT2D eigenvalue weighted by Crippen LogP contribution is -2.30. The largest absolute Gasteiger partial charge is 0.456 e. The third-order valence-corrected chi connectivity index (χ3v) is 12.6. The van der Waals surface area contributed by atoms with Crippen LogP contribution in [0, 0.1) is 0 Å². The summed E-state index contributed by atoms with van der Waals surface area (Å²) in [7, 11) is 0.